The SMILES string of the molecule is F[B-](F)(F)F.O=[S+]CC=C(c1ccccc1)c1ccccc1. The Hall–Kier alpha value is -2.02. The molecule has 0 aromatic heterocycles. The molecule has 22 heavy (non-hydrogen) atoms. The zero-order valence-corrected chi connectivity index (χ0v) is 12.3. The molecule has 0 atom stereocenters. The van der Waals surface area contributed by atoms with E-state index in [1.807, 2.05) is 42.5 Å². The van der Waals surface area contributed by atoms with Crippen LogP contribution in [0, 0.1) is 0 Å². The van der Waals surface area contributed by atoms with Crippen LogP contribution < -0.4 is 0 Å². The summed E-state index contributed by atoms with van der Waals surface area (Å²) in [5, 5.41) is 0. The molecule has 116 valence electrons. The second-order valence-corrected chi connectivity index (χ2v) is 4.70. The second-order valence-electron chi connectivity index (χ2n) is 4.13. The summed E-state index contributed by atoms with van der Waals surface area (Å²) < 4.78 is 49.6. The summed E-state index contributed by atoms with van der Waals surface area (Å²) >= 11 is 0.593. The number of benzene rings is 2. The third kappa shape index (κ3) is 7.68. The molecule has 2 aromatic rings. The van der Waals surface area contributed by atoms with Crippen LogP contribution in [0.15, 0.2) is 66.7 Å². The summed E-state index contributed by atoms with van der Waals surface area (Å²) in [5.74, 6) is 0.485. The van der Waals surface area contributed by atoms with E-state index in [2.05, 4.69) is 24.3 Å². The Morgan fingerprint density at radius 1 is 0.864 bits per heavy atom. The molecule has 0 bridgehead atoms. The smallest absolute Gasteiger partial charge is 0.418 e. The molecule has 0 radical (unpaired) electrons. The van der Waals surface area contributed by atoms with Crippen LogP contribution in [0.5, 0.6) is 0 Å². The van der Waals surface area contributed by atoms with Gasteiger partial charge in [-0.05, 0) is 22.8 Å². The first-order valence-electron chi connectivity index (χ1n) is 6.35. The second kappa shape index (κ2) is 9.09. The minimum atomic E-state index is -6.00. The van der Waals surface area contributed by atoms with Gasteiger partial charge in [-0.3, -0.25) is 0 Å². The summed E-state index contributed by atoms with van der Waals surface area (Å²) in [6.45, 7) is 0. The van der Waals surface area contributed by atoms with Crippen molar-refractivity contribution in [3.8, 4) is 0 Å². The Morgan fingerprint density at radius 2 is 1.23 bits per heavy atom. The zero-order valence-electron chi connectivity index (χ0n) is 11.5. The molecule has 0 spiro atoms. The molecule has 7 heteroatoms. The van der Waals surface area contributed by atoms with Crippen molar-refractivity contribution in [3.63, 3.8) is 0 Å². The number of hydrogen-bond acceptors (Lipinski definition) is 1. The maximum Gasteiger partial charge on any atom is 0.673 e. The Balaban J connectivity index is 0.000000422. The van der Waals surface area contributed by atoms with Gasteiger partial charge in [-0.15, -0.1) is 0 Å². The van der Waals surface area contributed by atoms with Crippen molar-refractivity contribution in [2.24, 2.45) is 0 Å². The molecule has 0 saturated carbocycles. The van der Waals surface area contributed by atoms with E-state index in [9.17, 15) is 21.5 Å². The first-order valence-corrected chi connectivity index (χ1v) is 7.26. The lowest BCUT2D eigenvalue weighted by molar-refractivity contribution is 0.368. The largest absolute Gasteiger partial charge is 0.673 e. The lowest BCUT2D eigenvalue weighted by Gasteiger charge is -2.06. The molecule has 0 fully saturated rings. The summed E-state index contributed by atoms with van der Waals surface area (Å²) in [4.78, 5) is 0. The fraction of sp³-hybridized carbons (Fsp3) is 0.0667. The van der Waals surface area contributed by atoms with E-state index >= 15 is 0 Å². The fourth-order valence-electron chi connectivity index (χ4n) is 1.76. The lowest BCUT2D eigenvalue weighted by atomic mass is 9.98. The van der Waals surface area contributed by atoms with Gasteiger partial charge >= 0.3 is 18.9 Å². The summed E-state index contributed by atoms with van der Waals surface area (Å²) in [5.41, 5.74) is 3.41. The lowest BCUT2D eigenvalue weighted by Crippen LogP contribution is -2.02. The highest BCUT2D eigenvalue weighted by Gasteiger charge is 2.20. The van der Waals surface area contributed by atoms with Crippen molar-refractivity contribution in [1.29, 1.82) is 0 Å². The third-order valence-corrected chi connectivity index (χ3v) is 2.83. The van der Waals surface area contributed by atoms with E-state index in [1.165, 1.54) is 0 Å². The van der Waals surface area contributed by atoms with Crippen molar-refractivity contribution in [2.75, 3.05) is 5.75 Å². The molecule has 0 aliphatic heterocycles. The average molecular weight is 328 g/mol. The van der Waals surface area contributed by atoms with E-state index < -0.39 is 7.25 Å². The van der Waals surface area contributed by atoms with Crippen molar-refractivity contribution in [3.05, 3.63) is 77.9 Å². The van der Waals surface area contributed by atoms with Crippen LogP contribution in [0.2, 0.25) is 0 Å². The Labute approximate surface area is 130 Å². The van der Waals surface area contributed by atoms with Crippen molar-refractivity contribution < 1.29 is 21.5 Å². The summed E-state index contributed by atoms with van der Waals surface area (Å²) in [6, 6.07) is 20.3. The van der Waals surface area contributed by atoms with Gasteiger partial charge in [-0.1, -0.05) is 60.7 Å². The Morgan fingerprint density at radius 3 is 1.55 bits per heavy atom. The highest BCUT2D eigenvalue weighted by Crippen LogP contribution is 2.22. The molecular formula is C15H13BF4OS. The highest BCUT2D eigenvalue weighted by molar-refractivity contribution is 7.65. The van der Waals surface area contributed by atoms with Crippen LogP contribution in [0.4, 0.5) is 17.3 Å². The molecule has 2 aromatic carbocycles. The molecule has 0 N–H and O–H groups in total. The topological polar surface area (TPSA) is 17.1 Å². The minimum absolute atomic E-state index is 0.485. The van der Waals surface area contributed by atoms with E-state index in [0.29, 0.717) is 17.4 Å². The maximum atomic E-state index is 10.6. The molecule has 2 rings (SSSR count). The monoisotopic (exact) mass is 328 g/mol. The van der Waals surface area contributed by atoms with Crippen molar-refractivity contribution in [1.82, 2.24) is 0 Å². The van der Waals surface area contributed by atoms with Gasteiger partial charge in [0.1, 0.15) is 0 Å². The maximum absolute atomic E-state index is 10.6. The fourth-order valence-corrected chi connectivity index (χ4v) is 1.99. The van der Waals surface area contributed by atoms with Crippen LogP contribution in [0.1, 0.15) is 11.1 Å². The number of rotatable bonds is 4. The van der Waals surface area contributed by atoms with Crippen molar-refractivity contribution >= 4 is 24.5 Å². The quantitative estimate of drug-likeness (QED) is 0.446. The zero-order chi connectivity index (χ0) is 16.4. The Kier molecular flexibility index (Phi) is 7.46. The van der Waals surface area contributed by atoms with E-state index in [0.717, 1.165) is 16.7 Å². The third-order valence-electron chi connectivity index (χ3n) is 2.53. The molecule has 0 amide bonds. The average Bonchev–Trinajstić information content (AvgIpc) is 2.48. The van der Waals surface area contributed by atoms with Gasteiger partial charge in [-0.2, -0.15) is 0 Å². The van der Waals surface area contributed by atoms with Crippen LogP contribution in [0.25, 0.3) is 5.57 Å². The van der Waals surface area contributed by atoms with E-state index in [1.54, 1.807) is 0 Å². The molecular weight excluding hydrogens is 315 g/mol. The van der Waals surface area contributed by atoms with Gasteiger partial charge in [0, 0.05) is 4.21 Å². The normalized spacial score (nSPS) is 10.2. The van der Waals surface area contributed by atoms with Gasteiger partial charge < -0.3 is 17.3 Å². The van der Waals surface area contributed by atoms with Gasteiger partial charge in [0.2, 0.25) is 5.75 Å². The summed E-state index contributed by atoms with van der Waals surface area (Å²) in [6.07, 6.45) is 1.99. The van der Waals surface area contributed by atoms with Gasteiger partial charge in [-0.25, -0.2) is 0 Å². The predicted molar refractivity (Wildman–Crippen MR) is 83.1 cm³/mol. The summed E-state index contributed by atoms with van der Waals surface area (Å²) in [7, 11) is -6.00. The van der Waals surface area contributed by atoms with Crippen LogP contribution in [-0.4, -0.2) is 13.0 Å². The molecule has 0 unspecified atom stereocenters. The molecule has 0 aliphatic carbocycles. The number of halogens is 4. The standard InChI is InChI=1S/C15H13OS.BF4/c16-17-12-11-15(13-7-3-1-4-8-13)14-9-5-2-6-10-14;2-1(3,4)5/h1-11H,12H2;/q+1;-1. The molecule has 0 aliphatic rings. The van der Waals surface area contributed by atoms with Crippen LogP contribution in [0.3, 0.4) is 0 Å². The molecule has 1 nitrogen and oxygen atoms in total. The first-order chi connectivity index (χ1) is 10.4. The predicted octanol–water partition coefficient (Wildman–Crippen LogP) is 4.85. The Bertz CT molecular complexity index is 552. The first kappa shape index (κ1) is 18.0. The number of hydrogen-bond donors (Lipinski definition) is 0. The van der Waals surface area contributed by atoms with Crippen molar-refractivity contribution in [2.45, 2.75) is 0 Å². The van der Waals surface area contributed by atoms with E-state index in [4.69, 9.17) is 0 Å². The molecule has 0 heterocycles. The van der Waals surface area contributed by atoms with Gasteiger partial charge in [0.15, 0.2) is 0 Å². The van der Waals surface area contributed by atoms with Gasteiger partial charge in [0.25, 0.3) is 0 Å². The van der Waals surface area contributed by atoms with Crippen LogP contribution >= 0.6 is 0 Å². The highest BCUT2D eigenvalue weighted by atomic mass is 32.1. The minimum Gasteiger partial charge on any atom is -0.418 e. The van der Waals surface area contributed by atoms with E-state index in [-0.39, 0.29) is 0 Å². The van der Waals surface area contributed by atoms with Gasteiger partial charge in [0.05, 0.1) is 0 Å². The molecule has 0 saturated heterocycles. The van der Waals surface area contributed by atoms with Crippen LogP contribution in [-0.2, 0) is 15.9 Å².